The number of fused-ring (bicyclic) bond motifs is 1. The zero-order chi connectivity index (χ0) is 12.1. The van der Waals surface area contributed by atoms with Crippen molar-refractivity contribution >= 4 is 30.0 Å². The van der Waals surface area contributed by atoms with Crippen LogP contribution in [0.2, 0.25) is 0 Å². The van der Waals surface area contributed by atoms with Crippen molar-refractivity contribution in [2.45, 2.75) is 36.1 Å². The third-order valence-corrected chi connectivity index (χ3v) is 4.49. The van der Waals surface area contributed by atoms with Crippen molar-refractivity contribution in [1.29, 1.82) is 0 Å². The molecule has 2 saturated heterocycles. The molecule has 2 amide bonds. The smallest absolute Gasteiger partial charge is 0.327 e. The molecule has 6 nitrogen and oxygen atoms in total. The number of nitrogens with zero attached hydrogens (tertiary/aromatic N) is 1. The van der Waals surface area contributed by atoms with Gasteiger partial charge in [0.2, 0.25) is 12.3 Å². The van der Waals surface area contributed by atoms with Crippen LogP contribution in [0.3, 0.4) is 0 Å². The van der Waals surface area contributed by atoms with Crippen molar-refractivity contribution in [3.05, 3.63) is 0 Å². The maximum Gasteiger partial charge on any atom is 0.327 e. The minimum Gasteiger partial charge on any atom is -0.480 e. The number of β-lactam (4-membered cyclic amide) rings is 1. The molecule has 2 rings (SSSR count). The highest BCUT2D eigenvalue weighted by molar-refractivity contribution is 8.01. The number of amides is 2. The second-order valence-corrected chi connectivity index (χ2v) is 6.13. The standard InChI is InChI=1S/C9H12N2O4S/c1-9(2)5(8(14)15)11-6(13)4(10-3-12)7(11)16-9/h3-5,7H,1-2H3,(H,10,12)(H,14,15). The van der Waals surface area contributed by atoms with Gasteiger partial charge in [0, 0.05) is 4.75 Å². The molecule has 7 heteroatoms. The van der Waals surface area contributed by atoms with Gasteiger partial charge >= 0.3 is 5.97 Å². The molecule has 0 saturated carbocycles. The van der Waals surface area contributed by atoms with E-state index < -0.39 is 22.8 Å². The number of carboxylic acids is 1. The molecule has 0 aromatic rings. The lowest BCUT2D eigenvalue weighted by molar-refractivity contribution is -0.160. The minimum atomic E-state index is -1.00. The van der Waals surface area contributed by atoms with E-state index >= 15 is 0 Å². The van der Waals surface area contributed by atoms with Crippen molar-refractivity contribution in [2.75, 3.05) is 0 Å². The van der Waals surface area contributed by atoms with Crippen LogP contribution in [-0.2, 0) is 14.4 Å². The number of carboxylic acid groups (broad SMARTS) is 1. The normalized spacial score (nSPS) is 35.2. The van der Waals surface area contributed by atoms with Gasteiger partial charge < -0.3 is 15.3 Å². The van der Waals surface area contributed by atoms with E-state index in [0.29, 0.717) is 6.41 Å². The first kappa shape index (κ1) is 11.3. The Morgan fingerprint density at radius 3 is 2.75 bits per heavy atom. The molecule has 0 bridgehead atoms. The Balaban J connectivity index is 2.24. The number of hydrogen-bond donors (Lipinski definition) is 2. The molecule has 2 fully saturated rings. The molecular formula is C9H12N2O4S. The van der Waals surface area contributed by atoms with Crippen LogP contribution in [0.1, 0.15) is 13.8 Å². The summed E-state index contributed by atoms with van der Waals surface area (Å²) in [4.78, 5) is 34.4. The average molecular weight is 244 g/mol. The van der Waals surface area contributed by atoms with Crippen LogP contribution in [0.25, 0.3) is 0 Å². The molecule has 0 aliphatic carbocycles. The molecular weight excluding hydrogens is 232 g/mol. The van der Waals surface area contributed by atoms with Crippen LogP contribution < -0.4 is 5.32 Å². The predicted octanol–water partition coefficient (Wildman–Crippen LogP) is -0.752. The van der Waals surface area contributed by atoms with Gasteiger partial charge in [-0.3, -0.25) is 9.59 Å². The molecule has 2 heterocycles. The Morgan fingerprint density at radius 1 is 1.62 bits per heavy atom. The van der Waals surface area contributed by atoms with E-state index in [4.69, 9.17) is 5.11 Å². The van der Waals surface area contributed by atoms with Crippen LogP contribution in [0.15, 0.2) is 0 Å². The first-order chi connectivity index (χ1) is 7.40. The van der Waals surface area contributed by atoms with Gasteiger partial charge in [-0.1, -0.05) is 0 Å². The molecule has 2 aliphatic heterocycles. The molecule has 2 N–H and O–H groups in total. The molecule has 88 valence electrons. The Labute approximate surface area is 96.4 Å². The molecule has 2 aliphatic rings. The van der Waals surface area contributed by atoms with Crippen LogP contribution in [0, 0.1) is 0 Å². The summed E-state index contributed by atoms with van der Waals surface area (Å²) in [7, 11) is 0. The third kappa shape index (κ3) is 1.31. The summed E-state index contributed by atoms with van der Waals surface area (Å²) in [5.74, 6) is -1.32. The Bertz CT molecular complexity index is 371. The van der Waals surface area contributed by atoms with Gasteiger partial charge in [-0.2, -0.15) is 0 Å². The predicted molar refractivity (Wildman–Crippen MR) is 56.7 cm³/mol. The van der Waals surface area contributed by atoms with E-state index in [1.807, 2.05) is 0 Å². The summed E-state index contributed by atoms with van der Waals surface area (Å²) < 4.78 is -0.536. The number of aliphatic carboxylic acids is 1. The fourth-order valence-corrected chi connectivity index (χ4v) is 3.88. The highest BCUT2D eigenvalue weighted by Crippen LogP contribution is 2.50. The maximum atomic E-state index is 11.7. The summed E-state index contributed by atoms with van der Waals surface area (Å²) in [6, 6.07) is -1.40. The molecule has 0 aromatic heterocycles. The lowest BCUT2D eigenvalue weighted by atomic mass is 9.96. The number of carbonyl (C=O) groups is 3. The molecule has 0 aromatic carbocycles. The molecule has 0 spiro atoms. The number of hydrogen-bond acceptors (Lipinski definition) is 4. The monoisotopic (exact) mass is 244 g/mol. The summed E-state index contributed by atoms with van der Waals surface area (Å²) in [5, 5.41) is 11.3. The SMILES string of the molecule is CC1(C)SC2C(NC=O)C(=O)N2C1C(=O)O. The summed E-state index contributed by atoms with van der Waals surface area (Å²) in [6.45, 7) is 3.58. The van der Waals surface area contributed by atoms with Crippen molar-refractivity contribution in [1.82, 2.24) is 10.2 Å². The van der Waals surface area contributed by atoms with Crippen molar-refractivity contribution in [2.24, 2.45) is 0 Å². The molecule has 16 heavy (non-hydrogen) atoms. The summed E-state index contributed by atoms with van der Waals surface area (Å²) in [6.07, 6.45) is 0.474. The first-order valence-electron chi connectivity index (χ1n) is 4.82. The van der Waals surface area contributed by atoms with Crippen LogP contribution >= 0.6 is 11.8 Å². The van der Waals surface area contributed by atoms with E-state index in [-0.39, 0.29) is 11.3 Å². The second-order valence-electron chi connectivity index (χ2n) is 4.36. The van der Waals surface area contributed by atoms with Crippen molar-refractivity contribution in [3.63, 3.8) is 0 Å². The Morgan fingerprint density at radius 2 is 2.25 bits per heavy atom. The molecule has 3 atom stereocenters. The van der Waals surface area contributed by atoms with Crippen LogP contribution in [0.4, 0.5) is 0 Å². The summed E-state index contributed by atoms with van der Waals surface area (Å²) in [5.41, 5.74) is 0. The molecule has 0 radical (unpaired) electrons. The fourth-order valence-electron chi connectivity index (χ4n) is 2.24. The van der Waals surface area contributed by atoms with Crippen molar-refractivity contribution in [3.8, 4) is 0 Å². The molecule has 3 unspecified atom stereocenters. The van der Waals surface area contributed by atoms with Gasteiger partial charge in [0.05, 0.1) is 0 Å². The number of rotatable bonds is 3. The van der Waals surface area contributed by atoms with Gasteiger partial charge in [0.25, 0.3) is 0 Å². The van der Waals surface area contributed by atoms with Crippen molar-refractivity contribution < 1.29 is 19.5 Å². The van der Waals surface area contributed by atoms with E-state index in [1.165, 1.54) is 16.7 Å². The average Bonchev–Trinajstić information content (AvgIpc) is 2.43. The minimum absolute atomic E-state index is 0.256. The van der Waals surface area contributed by atoms with E-state index in [0.717, 1.165) is 0 Å². The van der Waals surface area contributed by atoms with Crippen LogP contribution in [-0.4, -0.2) is 50.5 Å². The quantitative estimate of drug-likeness (QED) is 0.504. The first-order valence-corrected chi connectivity index (χ1v) is 5.70. The highest BCUT2D eigenvalue weighted by Gasteiger charge is 2.63. The fraction of sp³-hybridized carbons (Fsp3) is 0.667. The maximum absolute atomic E-state index is 11.7. The Hall–Kier alpha value is -1.24. The van der Waals surface area contributed by atoms with E-state index in [9.17, 15) is 14.4 Å². The second kappa shape index (κ2) is 3.38. The van der Waals surface area contributed by atoms with E-state index in [2.05, 4.69) is 5.32 Å². The largest absolute Gasteiger partial charge is 0.480 e. The van der Waals surface area contributed by atoms with Gasteiger partial charge in [-0.15, -0.1) is 11.8 Å². The van der Waals surface area contributed by atoms with Gasteiger partial charge in [0.15, 0.2) is 0 Å². The zero-order valence-electron chi connectivity index (χ0n) is 8.84. The van der Waals surface area contributed by atoms with Gasteiger partial charge in [-0.05, 0) is 13.8 Å². The third-order valence-electron chi connectivity index (χ3n) is 2.92. The topological polar surface area (TPSA) is 86.7 Å². The number of carbonyl (C=O) groups excluding carboxylic acids is 2. The number of nitrogens with one attached hydrogen (secondary N) is 1. The lowest BCUT2D eigenvalue weighted by Crippen LogP contribution is -2.69. The van der Waals surface area contributed by atoms with E-state index in [1.54, 1.807) is 13.8 Å². The number of thioether (sulfide) groups is 1. The van der Waals surface area contributed by atoms with Gasteiger partial charge in [0.1, 0.15) is 17.5 Å². The van der Waals surface area contributed by atoms with Gasteiger partial charge in [-0.25, -0.2) is 4.79 Å². The summed E-state index contributed by atoms with van der Waals surface area (Å²) >= 11 is 1.41. The highest BCUT2D eigenvalue weighted by atomic mass is 32.2. The lowest BCUT2D eigenvalue weighted by Gasteiger charge is -2.42. The Kier molecular flexibility index (Phi) is 2.37. The zero-order valence-corrected chi connectivity index (χ0v) is 9.65. The van der Waals surface area contributed by atoms with Crippen LogP contribution in [0.5, 0.6) is 0 Å².